The standard InChI is InChI=1S/C11H7ClN2O/c12-11-9(7-15)3-4-10(14-11)8-2-1-5-13-6-8/h1-7H. The van der Waals surface area contributed by atoms with Crippen LogP contribution in [0, 0.1) is 0 Å². The molecule has 0 amide bonds. The van der Waals surface area contributed by atoms with Gasteiger partial charge in [0.25, 0.3) is 0 Å². The van der Waals surface area contributed by atoms with Crippen LogP contribution < -0.4 is 0 Å². The van der Waals surface area contributed by atoms with Gasteiger partial charge < -0.3 is 0 Å². The Morgan fingerprint density at radius 2 is 2.13 bits per heavy atom. The van der Waals surface area contributed by atoms with E-state index >= 15 is 0 Å². The third kappa shape index (κ3) is 2.02. The molecule has 0 aliphatic heterocycles. The van der Waals surface area contributed by atoms with Gasteiger partial charge in [0.2, 0.25) is 0 Å². The average Bonchev–Trinajstić information content (AvgIpc) is 2.30. The van der Waals surface area contributed by atoms with Gasteiger partial charge >= 0.3 is 0 Å². The molecule has 0 aliphatic carbocycles. The van der Waals surface area contributed by atoms with Crippen LogP contribution in [0.4, 0.5) is 0 Å². The van der Waals surface area contributed by atoms with E-state index in [2.05, 4.69) is 9.97 Å². The van der Waals surface area contributed by atoms with Crippen LogP contribution >= 0.6 is 11.6 Å². The number of aldehydes is 1. The van der Waals surface area contributed by atoms with Gasteiger partial charge in [-0.2, -0.15) is 0 Å². The van der Waals surface area contributed by atoms with Gasteiger partial charge in [-0.3, -0.25) is 9.78 Å². The van der Waals surface area contributed by atoms with Gasteiger partial charge in [0.15, 0.2) is 6.29 Å². The molecule has 0 saturated carbocycles. The van der Waals surface area contributed by atoms with Gasteiger partial charge in [0.05, 0.1) is 11.3 Å². The molecule has 2 aromatic heterocycles. The summed E-state index contributed by atoms with van der Waals surface area (Å²) in [6.07, 6.45) is 4.06. The first-order chi connectivity index (χ1) is 7.31. The predicted molar refractivity (Wildman–Crippen MR) is 57.9 cm³/mol. The molecule has 3 nitrogen and oxygen atoms in total. The van der Waals surface area contributed by atoms with Crippen molar-refractivity contribution >= 4 is 17.9 Å². The Balaban J connectivity index is 2.47. The molecule has 2 aromatic rings. The molecule has 0 unspecified atom stereocenters. The molecular weight excluding hydrogens is 212 g/mol. The van der Waals surface area contributed by atoms with Crippen molar-refractivity contribution in [3.05, 3.63) is 47.4 Å². The van der Waals surface area contributed by atoms with Crippen LogP contribution in [0.3, 0.4) is 0 Å². The van der Waals surface area contributed by atoms with E-state index in [9.17, 15) is 4.79 Å². The van der Waals surface area contributed by atoms with Gasteiger partial charge in [-0.05, 0) is 24.3 Å². The van der Waals surface area contributed by atoms with Crippen LogP contribution in [0.25, 0.3) is 11.3 Å². The van der Waals surface area contributed by atoms with Crippen LogP contribution in [-0.4, -0.2) is 16.3 Å². The Morgan fingerprint density at radius 1 is 1.27 bits per heavy atom. The highest BCUT2D eigenvalue weighted by Gasteiger charge is 2.04. The fraction of sp³-hybridized carbons (Fsp3) is 0. The number of hydrogen-bond donors (Lipinski definition) is 0. The lowest BCUT2D eigenvalue weighted by atomic mass is 10.2. The summed E-state index contributed by atoms with van der Waals surface area (Å²) >= 11 is 5.82. The fourth-order valence-electron chi connectivity index (χ4n) is 1.21. The van der Waals surface area contributed by atoms with E-state index in [4.69, 9.17) is 11.6 Å². The highest BCUT2D eigenvalue weighted by molar-refractivity contribution is 6.31. The van der Waals surface area contributed by atoms with E-state index < -0.39 is 0 Å². The maximum Gasteiger partial charge on any atom is 0.153 e. The summed E-state index contributed by atoms with van der Waals surface area (Å²) in [5, 5.41) is 0.214. The van der Waals surface area contributed by atoms with Gasteiger partial charge in [0.1, 0.15) is 5.15 Å². The number of nitrogens with zero attached hydrogens (tertiary/aromatic N) is 2. The van der Waals surface area contributed by atoms with Crippen LogP contribution in [0.15, 0.2) is 36.7 Å². The number of rotatable bonds is 2. The number of aromatic nitrogens is 2. The van der Waals surface area contributed by atoms with Crippen molar-refractivity contribution in [1.29, 1.82) is 0 Å². The summed E-state index contributed by atoms with van der Waals surface area (Å²) in [5.74, 6) is 0. The van der Waals surface area contributed by atoms with Crippen molar-refractivity contribution in [3.8, 4) is 11.3 Å². The second kappa shape index (κ2) is 4.19. The molecule has 2 heterocycles. The fourth-order valence-corrected chi connectivity index (χ4v) is 1.41. The molecule has 0 N–H and O–H groups in total. The third-order valence-corrected chi connectivity index (χ3v) is 2.26. The van der Waals surface area contributed by atoms with Crippen LogP contribution in [0.1, 0.15) is 10.4 Å². The number of pyridine rings is 2. The van der Waals surface area contributed by atoms with Crippen LogP contribution in [0.5, 0.6) is 0 Å². The molecule has 0 saturated heterocycles. The van der Waals surface area contributed by atoms with E-state index in [-0.39, 0.29) is 5.15 Å². The molecule has 0 aliphatic rings. The zero-order chi connectivity index (χ0) is 10.7. The van der Waals surface area contributed by atoms with E-state index in [1.807, 2.05) is 12.1 Å². The highest BCUT2D eigenvalue weighted by atomic mass is 35.5. The average molecular weight is 219 g/mol. The lowest BCUT2D eigenvalue weighted by Gasteiger charge is -2.01. The molecule has 2 rings (SSSR count). The Hall–Kier alpha value is -1.74. The molecule has 0 radical (unpaired) electrons. The zero-order valence-corrected chi connectivity index (χ0v) is 8.48. The van der Waals surface area contributed by atoms with Crippen molar-refractivity contribution in [3.63, 3.8) is 0 Å². The molecule has 15 heavy (non-hydrogen) atoms. The molecule has 4 heteroatoms. The lowest BCUT2D eigenvalue weighted by Crippen LogP contribution is -1.89. The third-order valence-electron chi connectivity index (χ3n) is 1.96. The second-order valence-corrected chi connectivity index (χ2v) is 3.29. The van der Waals surface area contributed by atoms with E-state index in [1.165, 1.54) is 0 Å². The van der Waals surface area contributed by atoms with Crippen molar-refractivity contribution in [1.82, 2.24) is 9.97 Å². The van der Waals surface area contributed by atoms with Crippen molar-refractivity contribution in [2.75, 3.05) is 0 Å². The van der Waals surface area contributed by atoms with Gasteiger partial charge in [-0.15, -0.1) is 0 Å². The summed E-state index contributed by atoms with van der Waals surface area (Å²) < 4.78 is 0. The molecule has 0 fully saturated rings. The first-order valence-electron chi connectivity index (χ1n) is 4.33. The Labute approximate surface area is 91.8 Å². The normalized spacial score (nSPS) is 9.93. The summed E-state index contributed by atoms with van der Waals surface area (Å²) in [4.78, 5) is 18.6. The number of halogens is 1. The van der Waals surface area contributed by atoms with Gasteiger partial charge in [-0.25, -0.2) is 4.98 Å². The minimum absolute atomic E-state index is 0.214. The van der Waals surface area contributed by atoms with E-state index in [0.29, 0.717) is 17.5 Å². The Morgan fingerprint density at radius 3 is 2.73 bits per heavy atom. The van der Waals surface area contributed by atoms with Crippen LogP contribution in [0.2, 0.25) is 5.15 Å². The molecule has 74 valence electrons. The number of hydrogen-bond acceptors (Lipinski definition) is 3. The van der Waals surface area contributed by atoms with E-state index in [0.717, 1.165) is 5.56 Å². The molecule has 0 atom stereocenters. The molecule has 0 bridgehead atoms. The first-order valence-corrected chi connectivity index (χ1v) is 4.71. The molecular formula is C11H7ClN2O. The first kappa shape index (κ1) is 9.80. The molecule has 0 spiro atoms. The smallest absolute Gasteiger partial charge is 0.153 e. The maximum atomic E-state index is 10.5. The summed E-state index contributed by atoms with van der Waals surface area (Å²) in [5.41, 5.74) is 1.97. The Bertz CT molecular complexity index is 485. The van der Waals surface area contributed by atoms with Crippen molar-refractivity contribution in [2.24, 2.45) is 0 Å². The maximum absolute atomic E-state index is 10.5. The van der Waals surface area contributed by atoms with Gasteiger partial charge in [-0.1, -0.05) is 11.6 Å². The van der Waals surface area contributed by atoms with Crippen LogP contribution in [-0.2, 0) is 0 Å². The minimum atomic E-state index is 0.214. The quantitative estimate of drug-likeness (QED) is 0.575. The monoisotopic (exact) mass is 218 g/mol. The SMILES string of the molecule is O=Cc1ccc(-c2cccnc2)nc1Cl. The molecule has 0 aromatic carbocycles. The topological polar surface area (TPSA) is 42.9 Å². The highest BCUT2D eigenvalue weighted by Crippen LogP contribution is 2.19. The summed E-state index contributed by atoms with van der Waals surface area (Å²) in [7, 11) is 0. The lowest BCUT2D eigenvalue weighted by molar-refractivity contribution is 0.112. The summed E-state index contributed by atoms with van der Waals surface area (Å²) in [6, 6.07) is 7.09. The van der Waals surface area contributed by atoms with Crippen molar-refractivity contribution in [2.45, 2.75) is 0 Å². The van der Waals surface area contributed by atoms with Gasteiger partial charge in [0, 0.05) is 18.0 Å². The summed E-state index contributed by atoms with van der Waals surface area (Å²) in [6.45, 7) is 0. The largest absolute Gasteiger partial charge is 0.298 e. The zero-order valence-electron chi connectivity index (χ0n) is 7.72. The minimum Gasteiger partial charge on any atom is -0.298 e. The number of carbonyl (C=O) groups is 1. The second-order valence-electron chi connectivity index (χ2n) is 2.94. The van der Waals surface area contributed by atoms with Crippen molar-refractivity contribution < 1.29 is 4.79 Å². The number of carbonyl (C=O) groups excluding carboxylic acids is 1. The van der Waals surface area contributed by atoms with E-state index in [1.54, 1.807) is 24.5 Å². The Kier molecular flexibility index (Phi) is 2.74. The predicted octanol–water partition coefficient (Wildman–Crippen LogP) is 2.61.